The van der Waals surface area contributed by atoms with Gasteiger partial charge in [-0.15, -0.1) is 11.3 Å². The summed E-state index contributed by atoms with van der Waals surface area (Å²) in [5, 5.41) is 14.7. The lowest BCUT2D eigenvalue weighted by molar-refractivity contribution is 0.153. The maximum Gasteiger partial charge on any atom is 0.410 e. The molecule has 2 atom stereocenters. The van der Waals surface area contributed by atoms with Gasteiger partial charge in [-0.3, -0.25) is 9.36 Å². The van der Waals surface area contributed by atoms with E-state index in [0.29, 0.717) is 45.5 Å². The van der Waals surface area contributed by atoms with Crippen molar-refractivity contribution >= 4 is 45.6 Å². The van der Waals surface area contributed by atoms with Crippen LogP contribution in [0.15, 0.2) is 53.7 Å². The Morgan fingerprint density at radius 1 is 1.22 bits per heavy atom. The highest BCUT2D eigenvalue weighted by Crippen LogP contribution is 2.35. The van der Waals surface area contributed by atoms with Crippen LogP contribution in [-0.4, -0.2) is 50.8 Å². The van der Waals surface area contributed by atoms with Crippen LogP contribution in [0.5, 0.6) is 0 Å². The number of thiazole rings is 1. The number of hydrogen-bond donors (Lipinski definition) is 1. The number of anilines is 1. The molecule has 37 heavy (non-hydrogen) atoms. The van der Waals surface area contributed by atoms with E-state index in [2.05, 4.69) is 21.4 Å². The van der Waals surface area contributed by atoms with Gasteiger partial charge < -0.3 is 15.0 Å². The fraction of sp³-hybridized carbons (Fsp3) is 0.269. The van der Waals surface area contributed by atoms with E-state index in [1.165, 1.54) is 11.3 Å². The fourth-order valence-electron chi connectivity index (χ4n) is 4.90. The molecular weight excluding hydrogens is 512 g/mol. The van der Waals surface area contributed by atoms with Crippen molar-refractivity contribution in [2.24, 2.45) is 0 Å². The summed E-state index contributed by atoms with van der Waals surface area (Å²) in [4.78, 5) is 36.7. The second kappa shape index (κ2) is 9.50. The molecule has 2 saturated heterocycles. The van der Waals surface area contributed by atoms with Crippen LogP contribution in [0.25, 0.3) is 21.5 Å². The molecule has 11 heteroatoms. The number of nitrogens with one attached hydrogen (secondary N) is 1. The molecule has 2 aliphatic rings. The largest absolute Gasteiger partial charge is 0.447 e. The molecule has 0 spiro atoms. The Labute approximate surface area is 220 Å². The van der Waals surface area contributed by atoms with E-state index in [1.54, 1.807) is 34.1 Å². The lowest BCUT2D eigenvalue weighted by Crippen LogP contribution is -2.45. The summed E-state index contributed by atoms with van der Waals surface area (Å²) in [7, 11) is 0. The van der Waals surface area contributed by atoms with Gasteiger partial charge in [0, 0.05) is 28.9 Å². The summed E-state index contributed by atoms with van der Waals surface area (Å²) < 4.78 is 6.78. The molecule has 9 nitrogen and oxygen atoms in total. The van der Waals surface area contributed by atoms with Crippen molar-refractivity contribution in [1.82, 2.24) is 19.4 Å². The number of cyclic esters (lactones) is 1. The monoisotopic (exact) mass is 532 g/mol. The molecular formula is C26H21ClN6O3S. The predicted molar refractivity (Wildman–Crippen MR) is 141 cm³/mol. The zero-order chi connectivity index (χ0) is 25.5. The third kappa shape index (κ3) is 4.52. The highest BCUT2D eigenvalue weighted by atomic mass is 35.5. The molecule has 2 aromatic carbocycles. The maximum absolute atomic E-state index is 13.5. The normalized spacial score (nSPS) is 18.9. The Kier molecular flexibility index (Phi) is 6.02. The van der Waals surface area contributed by atoms with Gasteiger partial charge in [0.15, 0.2) is 0 Å². The fourth-order valence-corrected chi connectivity index (χ4v) is 5.77. The number of rotatable bonds is 5. The molecule has 4 aromatic rings. The summed E-state index contributed by atoms with van der Waals surface area (Å²) >= 11 is 7.29. The average molecular weight is 533 g/mol. The van der Waals surface area contributed by atoms with Crippen molar-refractivity contribution < 1.29 is 9.53 Å². The van der Waals surface area contributed by atoms with E-state index in [9.17, 15) is 14.9 Å². The number of benzene rings is 2. The molecule has 6 rings (SSSR count). The zero-order valence-electron chi connectivity index (χ0n) is 19.6. The van der Waals surface area contributed by atoms with Crippen molar-refractivity contribution in [3.05, 3.63) is 74.7 Å². The van der Waals surface area contributed by atoms with Gasteiger partial charge in [-0.25, -0.2) is 14.8 Å². The quantitative estimate of drug-likeness (QED) is 0.403. The summed E-state index contributed by atoms with van der Waals surface area (Å²) in [5.74, 6) is 0. The Morgan fingerprint density at radius 3 is 2.84 bits per heavy atom. The summed E-state index contributed by atoms with van der Waals surface area (Å²) in [5.41, 5.74) is 2.86. The first-order valence-corrected chi connectivity index (χ1v) is 13.0. The number of ether oxygens (including phenoxy) is 1. The lowest BCUT2D eigenvalue weighted by Gasteiger charge is -2.33. The van der Waals surface area contributed by atoms with Gasteiger partial charge in [-0.05, 0) is 42.7 Å². The summed E-state index contributed by atoms with van der Waals surface area (Å²) in [6, 6.07) is 13.3. The molecule has 2 aromatic heterocycles. The molecule has 2 aliphatic heterocycles. The Balaban J connectivity index is 1.38. The molecule has 4 heterocycles. The molecule has 0 aliphatic carbocycles. The van der Waals surface area contributed by atoms with Crippen LogP contribution >= 0.6 is 22.9 Å². The number of nitriles is 1. The number of carbonyl (C=O) groups excluding carboxylic acids is 1. The Bertz CT molecular complexity index is 1610. The number of carbonyl (C=O) groups is 1. The lowest BCUT2D eigenvalue weighted by atomic mass is 9.97. The van der Waals surface area contributed by atoms with Crippen molar-refractivity contribution in [2.45, 2.75) is 31.5 Å². The first kappa shape index (κ1) is 23.5. The zero-order valence-corrected chi connectivity index (χ0v) is 21.1. The van der Waals surface area contributed by atoms with Gasteiger partial charge >= 0.3 is 6.09 Å². The topological polar surface area (TPSA) is 113 Å². The minimum atomic E-state index is -0.256. The van der Waals surface area contributed by atoms with E-state index in [4.69, 9.17) is 16.3 Å². The smallest absolute Gasteiger partial charge is 0.410 e. The highest BCUT2D eigenvalue weighted by molar-refractivity contribution is 7.15. The third-order valence-corrected chi connectivity index (χ3v) is 7.97. The first-order chi connectivity index (χ1) is 18.0. The molecule has 2 fully saturated rings. The molecule has 186 valence electrons. The van der Waals surface area contributed by atoms with Gasteiger partial charge in [0.05, 0.1) is 36.0 Å². The number of fused-ring (bicyclic) bond motifs is 2. The minimum absolute atomic E-state index is 0.0333. The van der Waals surface area contributed by atoms with Gasteiger partial charge in [0.2, 0.25) is 0 Å². The number of amides is 1. The van der Waals surface area contributed by atoms with Crippen molar-refractivity contribution in [1.29, 1.82) is 5.26 Å². The number of hydrogen-bond acceptors (Lipinski definition) is 8. The summed E-state index contributed by atoms with van der Waals surface area (Å²) in [6.45, 7) is 1.37. The van der Waals surface area contributed by atoms with Crippen LogP contribution in [-0.2, 0) is 11.3 Å². The van der Waals surface area contributed by atoms with Crippen molar-refractivity contribution in [2.75, 3.05) is 18.5 Å². The van der Waals surface area contributed by atoms with Crippen LogP contribution in [0.1, 0.15) is 23.3 Å². The Hall–Kier alpha value is -3.94. The second-order valence-corrected chi connectivity index (χ2v) is 10.6. The van der Waals surface area contributed by atoms with E-state index >= 15 is 0 Å². The average Bonchev–Trinajstić information content (AvgIpc) is 3.54. The van der Waals surface area contributed by atoms with Crippen LogP contribution in [0.2, 0.25) is 5.02 Å². The number of nitrogens with zero attached hydrogens (tertiary/aromatic N) is 5. The van der Waals surface area contributed by atoms with Crippen molar-refractivity contribution in [3.63, 3.8) is 0 Å². The SMILES string of the molecule is N#Cc1cnc(-c2cc3ncn(Cc4ccc(Cl)cc4)c(=O)c3cc2N[C@H]2CCN3C(=O)OC[C@@H]3C2)s1. The molecule has 1 amide bonds. The molecule has 0 unspecified atom stereocenters. The van der Waals surface area contributed by atoms with Gasteiger partial charge in [-0.2, -0.15) is 5.26 Å². The number of aromatic nitrogens is 3. The van der Waals surface area contributed by atoms with Gasteiger partial charge in [0.1, 0.15) is 22.6 Å². The number of piperidine rings is 1. The van der Waals surface area contributed by atoms with Gasteiger partial charge in [0.25, 0.3) is 5.56 Å². The minimum Gasteiger partial charge on any atom is -0.447 e. The first-order valence-electron chi connectivity index (χ1n) is 11.8. The maximum atomic E-state index is 13.5. The third-order valence-electron chi connectivity index (χ3n) is 6.78. The molecule has 0 radical (unpaired) electrons. The van der Waals surface area contributed by atoms with Crippen LogP contribution in [0.4, 0.5) is 10.5 Å². The molecule has 0 bridgehead atoms. The predicted octanol–water partition coefficient (Wildman–Crippen LogP) is 4.49. The van der Waals surface area contributed by atoms with E-state index in [0.717, 1.165) is 29.7 Å². The van der Waals surface area contributed by atoms with Gasteiger partial charge in [-0.1, -0.05) is 23.7 Å². The highest BCUT2D eigenvalue weighted by Gasteiger charge is 2.38. The second-order valence-electron chi connectivity index (χ2n) is 9.15. The van der Waals surface area contributed by atoms with Crippen LogP contribution < -0.4 is 10.9 Å². The van der Waals surface area contributed by atoms with E-state index in [-0.39, 0.29) is 23.7 Å². The number of halogens is 1. The standard InChI is InChI=1S/C26H21ClN6O3S/c27-16-3-1-15(2-4-16)12-32-14-30-22-8-20(24-29-11-19(10-28)37-24)23(9-21(22)25(32)34)31-17-5-6-33-18(7-17)13-36-26(33)35/h1-4,8-9,11,14,17-18,31H,5-7,12-13H2/t17-,18-/m0/s1. The Morgan fingerprint density at radius 2 is 2.05 bits per heavy atom. The van der Waals surface area contributed by atoms with Crippen molar-refractivity contribution in [3.8, 4) is 16.6 Å². The van der Waals surface area contributed by atoms with Crippen LogP contribution in [0, 0.1) is 11.3 Å². The van der Waals surface area contributed by atoms with E-state index in [1.807, 2.05) is 24.3 Å². The van der Waals surface area contributed by atoms with E-state index < -0.39 is 0 Å². The molecule has 0 saturated carbocycles. The summed E-state index contributed by atoms with van der Waals surface area (Å²) in [6.07, 6.45) is 4.32. The van der Waals surface area contributed by atoms with Crippen LogP contribution in [0.3, 0.4) is 0 Å². The molecule has 1 N–H and O–H groups in total.